The predicted molar refractivity (Wildman–Crippen MR) is 85.2 cm³/mol. The summed E-state index contributed by atoms with van der Waals surface area (Å²) in [7, 11) is 0. The Balaban J connectivity index is 0.000000573. The second kappa shape index (κ2) is 11.3. The van der Waals surface area contributed by atoms with E-state index in [1.807, 2.05) is 32.0 Å². The van der Waals surface area contributed by atoms with Gasteiger partial charge in [0.1, 0.15) is 0 Å². The first-order valence-electron chi connectivity index (χ1n) is 7.09. The van der Waals surface area contributed by atoms with Gasteiger partial charge in [-0.25, -0.2) is 4.31 Å². The molecule has 1 fully saturated rings. The van der Waals surface area contributed by atoms with Crippen molar-refractivity contribution >= 4 is 11.9 Å². The van der Waals surface area contributed by atoms with Gasteiger partial charge >= 0.3 is 0 Å². The average molecular weight is 284 g/mol. The van der Waals surface area contributed by atoms with Crippen LogP contribution in [0.2, 0.25) is 0 Å². The molecule has 0 aliphatic carbocycles. The van der Waals surface area contributed by atoms with Crippen molar-refractivity contribution in [1.29, 1.82) is 0 Å². The van der Waals surface area contributed by atoms with Crippen LogP contribution in [0.1, 0.15) is 34.1 Å². The van der Waals surface area contributed by atoms with E-state index in [0.29, 0.717) is 6.54 Å². The second-order valence-corrected chi connectivity index (χ2v) is 5.36. The molecule has 19 heavy (non-hydrogen) atoms. The van der Waals surface area contributed by atoms with Crippen LogP contribution in [0.15, 0.2) is 35.2 Å². The Bertz CT molecular complexity index is 298. The first-order valence-corrected chi connectivity index (χ1v) is 7.86. The molecule has 0 bridgehead atoms. The van der Waals surface area contributed by atoms with Crippen LogP contribution >= 0.6 is 11.9 Å². The quantitative estimate of drug-likeness (QED) is 0.819. The topological polar surface area (TPSA) is 49.5 Å². The summed E-state index contributed by atoms with van der Waals surface area (Å²) in [6.45, 7) is 9.65. The summed E-state index contributed by atoms with van der Waals surface area (Å²) in [6, 6.07) is 10.0. The minimum atomic E-state index is -0.383. The maximum Gasteiger partial charge on any atom is 0.0840 e. The summed E-state index contributed by atoms with van der Waals surface area (Å²) in [6.07, 6.45) is 0.867. The van der Waals surface area contributed by atoms with Crippen LogP contribution in [0.4, 0.5) is 0 Å². The number of aliphatic hydroxyl groups excluding tert-OH is 1. The van der Waals surface area contributed by atoms with Gasteiger partial charge in [0, 0.05) is 24.0 Å². The summed E-state index contributed by atoms with van der Waals surface area (Å²) in [5.41, 5.74) is 5.72. The molecule has 3 nitrogen and oxygen atoms in total. The number of hydrogen-bond acceptors (Lipinski definition) is 4. The molecule has 0 aromatic heterocycles. The van der Waals surface area contributed by atoms with Gasteiger partial charge in [-0.05, 0) is 24.1 Å². The highest BCUT2D eigenvalue weighted by atomic mass is 32.2. The van der Waals surface area contributed by atoms with E-state index < -0.39 is 0 Å². The predicted octanol–water partition coefficient (Wildman–Crippen LogP) is 3.14. The van der Waals surface area contributed by atoms with Gasteiger partial charge in [0.2, 0.25) is 0 Å². The Hall–Kier alpha value is -0.550. The molecule has 0 saturated carbocycles. The zero-order valence-corrected chi connectivity index (χ0v) is 13.4. The van der Waals surface area contributed by atoms with Crippen molar-refractivity contribution in [2.45, 2.75) is 51.2 Å². The van der Waals surface area contributed by atoms with Crippen molar-refractivity contribution in [3.8, 4) is 0 Å². The van der Waals surface area contributed by atoms with Gasteiger partial charge in [0.15, 0.2) is 0 Å². The fraction of sp³-hybridized carbons (Fsp3) is 0.600. The molecule has 2 atom stereocenters. The molecule has 0 amide bonds. The zero-order valence-electron chi connectivity index (χ0n) is 12.5. The number of nitrogens with zero attached hydrogens (tertiary/aromatic N) is 1. The van der Waals surface area contributed by atoms with E-state index in [-0.39, 0.29) is 12.1 Å². The minimum Gasteiger partial charge on any atom is -0.390 e. The zero-order chi connectivity index (χ0) is 14.7. The maximum absolute atomic E-state index is 9.47. The first kappa shape index (κ1) is 18.4. The Morgan fingerprint density at radius 2 is 1.74 bits per heavy atom. The molecule has 1 heterocycles. The van der Waals surface area contributed by atoms with Gasteiger partial charge < -0.3 is 10.8 Å². The standard InChI is InChI=1S/C10H14N2OS.C3H8.C2H6/c11-9-6-12(7-10(9)13)14-8-4-2-1-3-5-8;1-3-2;1-2/h1-5,9-10,13H,6-7,11H2;3H2,1-2H3;1-2H3. The van der Waals surface area contributed by atoms with Gasteiger partial charge in [0.25, 0.3) is 0 Å². The molecule has 1 aromatic carbocycles. The molecular weight excluding hydrogens is 256 g/mol. The van der Waals surface area contributed by atoms with Gasteiger partial charge in [-0.1, -0.05) is 52.3 Å². The summed E-state index contributed by atoms with van der Waals surface area (Å²) in [5.74, 6) is 0. The molecular formula is C15H28N2OS. The Morgan fingerprint density at radius 1 is 1.21 bits per heavy atom. The lowest BCUT2D eigenvalue weighted by Crippen LogP contribution is -2.32. The maximum atomic E-state index is 9.47. The fourth-order valence-electron chi connectivity index (χ4n) is 1.48. The molecule has 0 radical (unpaired) electrons. The Morgan fingerprint density at radius 3 is 2.16 bits per heavy atom. The van der Waals surface area contributed by atoms with Crippen molar-refractivity contribution in [2.24, 2.45) is 5.73 Å². The number of aliphatic hydroxyl groups is 1. The highest BCUT2D eigenvalue weighted by Gasteiger charge is 2.28. The molecule has 1 aromatic rings. The molecule has 1 aliphatic rings. The van der Waals surface area contributed by atoms with Crippen LogP contribution < -0.4 is 5.73 Å². The molecule has 2 rings (SSSR count). The van der Waals surface area contributed by atoms with Gasteiger partial charge in [-0.3, -0.25) is 0 Å². The normalized spacial score (nSPS) is 22.0. The third-order valence-electron chi connectivity index (χ3n) is 2.28. The van der Waals surface area contributed by atoms with Crippen molar-refractivity contribution < 1.29 is 5.11 Å². The molecule has 2 unspecified atom stereocenters. The average Bonchev–Trinajstić information content (AvgIpc) is 2.73. The summed E-state index contributed by atoms with van der Waals surface area (Å²) in [5, 5.41) is 9.47. The molecule has 1 saturated heterocycles. The number of rotatable bonds is 2. The number of nitrogens with two attached hydrogens (primary N) is 1. The van der Waals surface area contributed by atoms with Crippen molar-refractivity contribution in [3.05, 3.63) is 30.3 Å². The monoisotopic (exact) mass is 284 g/mol. The number of benzene rings is 1. The van der Waals surface area contributed by atoms with Crippen molar-refractivity contribution in [3.63, 3.8) is 0 Å². The van der Waals surface area contributed by atoms with E-state index in [1.54, 1.807) is 11.9 Å². The third-order valence-corrected chi connectivity index (χ3v) is 3.32. The van der Waals surface area contributed by atoms with Crippen LogP contribution in [0.25, 0.3) is 0 Å². The second-order valence-electron chi connectivity index (χ2n) is 4.19. The van der Waals surface area contributed by atoms with Crippen LogP contribution in [0.3, 0.4) is 0 Å². The van der Waals surface area contributed by atoms with Gasteiger partial charge in [-0.2, -0.15) is 0 Å². The van der Waals surface area contributed by atoms with Gasteiger partial charge in [-0.15, -0.1) is 0 Å². The molecule has 3 N–H and O–H groups in total. The minimum absolute atomic E-state index is 0.105. The summed E-state index contributed by atoms with van der Waals surface area (Å²) in [4.78, 5) is 1.19. The van der Waals surface area contributed by atoms with Gasteiger partial charge in [0.05, 0.1) is 6.10 Å². The number of hydrogen-bond donors (Lipinski definition) is 2. The van der Waals surface area contributed by atoms with Crippen molar-refractivity contribution in [2.75, 3.05) is 13.1 Å². The fourth-order valence-corrected chi connectivity index (χ4v) is 2.53. The summed E-state index contributed by atoms with van der Waals surface area (Å²) < 4.78 is 2.10. The molecule has 0 spiro atoms. The van der Waals surface area contributed by atoms with E-state index in [1.165, 1.54) is 11.3 Å². The molecule has 1 aliphatic heterocycles. The third kappa shape index (κ3) is 7.57. The first-order chi connectivity index (χ1) is 9.17. The van der Waals surface area contributed by atoms with Crippen LogP contribution in [0.5, 0.6) is 0 Å². The lowest BCUT2D eigenvalue weighted by atomic mass is 10.2. The molecule has 110 valence electrons. The van der Waals surface area contributed by atoms with Crippen molar-refractivity contribution in [1.82, 2.24) is 4.31 Å². The molecule has 4 heteroatoms. The van der Waals surface area contributed by atoms with E-state index in [4.69, 9.17) is 5.73 Å². The summed E-state index contributed by atoms with van der Waals surface area (Å²) >= 11 is 1.65. The smallest absolute Gasteiger partial charge is 0.0840 e. The number of β-amino-alcohol motifs (C(OH)–C–C–N with tert-alkyl or cyclic N) is 1. The van der Waals surface area contributed by atoms with E-state index in [0.717, 1.165) is 6.54 Å². The highest BCUT2D eigenvalue weighted by molar-refractivity contribution is 7.97. The Kier molecular flexibility index (Phi) is 11.0. The van der Waals surface area contributed by atoms with Crippen LogP contribution in [0, 0.1) is 0 Å². The van der Waals surface area contributed by atoms with Crippen LogP contribution in [-0.4, -0.2) is 34.6 Å². The SMILES string of the molecule is CC.CCC.NC1CN(Sc2ccccc2)CC1O. The largest absolute Gasteiger partial charge is 0.390 e. The Labute approximate surface area is 122 Å². The lowest BCUT2D eigenvalue weighted by Gasteiger charge is -2.12. The highest BCUT2D eigenvalue weighted by Crippen LogP contribution is 2.25. The van der Waals surface area contributed by atoms with E-state index >= 15 is 0 Å². The van der Waals surface area contributed by atoms with Crippen LogP contribution in [-0.2, 0) is 0 Å². The lowest BCUT2D eigenvalue weighted by molar-refractivity contribution is 0.175. The van der Waals surface area contributed by atoms with E-state index in [2.05, 4.69) is 30.3 Å². The van der Waals surface area contributed by atoms with E-state index in [9.17, 15) is 5.11 Å².